The molecule has 0 radical (unpaired) electrons. The molecule has 108 valence electrons. The van der Waals surface area contributed by atoms with Gasteiger partial charge in [-0.25, -0.2) is 9.59 Å². The smallest absolute Gasteiger partial charge is 0.326 e. The average Bonchev–Trinajstić information content (AvgIpc) is 2.77. The second kappa shape index (κ2) is 5.99. The minimum atomic E-state index is -1.14. The number of aliphatic carboxylic acids is 1. The minimum absolute atomic E-state index is 0.0129. The van der Waals surface area contributed by atoms with Crippen LogP contribution in [0.15, 0.2) is 22.7 Å². The summed E-state index contributed by atoms with van der Waals surface area (Å²) in [6, 6.07) is 3.34. The third-order valence-electron chi connectivity index (χ3n) is 3.02. The Hall–Kier alpha value is -1.31. The number of nitrogens with zero attached hydrogens (tertiary/aromatic N) is 1. The van der Waals surface area contributed by atoms with Crippen LogP contribution in [0.4, 0.5) is 10.5 Å². The number of benzene rings is 1. The molecule has 8 heteroatoms. The normalized spacial score (nSPS) is 21.9. The van der Waals surface area contributed by atoms with Crippen LogP contribution in [0.3, 0.4) is 0 Å². The van der Waals surface area contributed by atoms with Crippen LogP contribution in [0.25, 0.3) is 0 Å². The Balaban J connectivity index is 2.15. The van der Waals surface area contributed by atoms with E-state index in [1.165, 1.54) is 0 Å². The molecule has 1 saturated heterocycles. The molecule has 0 unspecified atom stereocenters. The van der Waals surface area contributed by atoms with E-state index in [1.54, 1.807) is 18.2 Å². The van der Waals surface area contributed by atoms with E-state index in [-0.39, 0.29) is 13.0 Å². The van der Waals surface area contributed by atoms with Gasteiger partial charge in [0.15, 0.2) is 0 Å². The number of likely N-dealkylation sites (tertiary alicyclic amines) is 1. The fourth-order valence-electron chi connectivity index (χ4n) is 2.06. The standard InChI is InChI=1S/C12H12BrClN2O4/c13-10-7(14)2-1-3-8(10)15-12(20)16-5-6(17)4-9(16)11(18)19/h1-3,6,9,17H,4-5H2,(H,15,20)(H,18,19)/t6-,9+/m1/s1. The van der Waals surface area contributed by atoms with Gasteiger partial charge in [0.2, 0.25) is 0 Å². The molecular weight excluding hydrogens is 351 g/mol. The van der Waals surface area contributed by atoms with Crippen molar-refractivity contribution in [3.8, 4) is 0 Å². The zero-order chi connectivity index (χ0) is 14.9. The molecule has 1 fully saturated rings. The fourth-order valence-corrected chi connectivity index (χ4v) is 2.60. The predicted molar refractivity (Wildman–Crippen MR) is 76.9 cm³/mol. The van der Waals surface area contributed by atoms with Crippen LogP contribution in [-0.2, 0) is 4.79 Å². The number of β-amino-alcohol motifs (C(OH)–C–C–N with tert-alkyl or cyclic N) is 1. The molecule has 2 rings (SSSR count). The molecule has 3 N–H and O–H groups in total. The molecule has 2 amide bonds. The Morgan fingerprint density at radius 1 is 1.45 bits per heavy atom. The van der Waals surface area contributed by atoms with Gasteiger partial charge in [-0.05, 0) is 28.1 Å². The predicted octanol–water partition coefficient (Wildman–Crippen LogP) is 2.15. The van der Waals surface area contributed by atoms with E-state index in [0.29, 0.717) is 15.2 Å². The Labute approximate surface area is 128 Å². The van der Waals surface area contributed by atoms with Gasteiger partial charge in [-0.2, -0.15) is 0 Å². The number of carbonyl (C=O) groups excluding carboxylic acids is 1. The van der Waals surface area contributed by atoms with Gasteiger partial charge in [0.25, 0.3) is 0 Å². The summed E-state index contributed by atoms with van der Waals surface area (Å²) >= 11 is 9.16. The van der Waals surface area contributed by atoms with Crippen LogP contribution in [0.1, 0.15) is 6.42 Å². The monoisotopic (exact) mass is 362 g/mol. The molecule has 6 nitrogen and oxygen atoms in total. The highest BCUT2D eigenvalue weighted by Crippen LogP contribution is 2.30. The van der Waals surface area contributed by atoms with Crippen LogP contribution in [0.2, 0.25) is 5.02 Å². The summed E-state index contributed by atoms with van der Waals surface area (Å²) in [7, 11) is 0. The van der Waals surface area contributed by atoms with Crippen molar-refractivity contribution in [2.24, 2.45) is 0 Å². The van der Waals surface area contributed by atoms with E-state index < -0.39 is 24.1 Å². The van der Waals surface area contributed by atoms with E-state index in [1.807, 2.05) is 0 Å². The fraction of sp³-hybridized carbons (Fsp3) is 0.333. The number of carboxylic acid groups (broad SMARTS) is 1. The number of carboxylic acids is 1. The summed E-state index contributed by atoms with van der Waals surface area (Å²) in [6.07, 6.45) is -0.802. The zero-order valence-electron chi connectivity index (χ0n) is 10.2. The highest BCUT2D eigenvalue weighted by molar-refractivity contribution is 9.10. The first kappa shape index (κ1) is 15.1. The van der Waals surface area contributed by atoms with Crippen molar-refractivity contribution in [2.75, 3.05) is 11.9 Å². The molecule has 0 spiro atoms. The molecule has 1 heterocycles. The first-order valence-electron chi connectivity index (χ1n) is 5.82. The molecule has 0 aromatic heterocycles. The number of halogens is 2. The average molecular weight is 364 g/mol. The minimum Gasteiger partial charge on any atom is -0.480 e. The van der Waals surface area contributed by atoms with Gasteiger partial charge < -0.3 is 20.4 Å². The number of hydrogen-bond donors (Lipinski definition) is 3. The number of urea groups is 1. The van der Waals surface area contributed by atoms with E-state index >= 15 is 0 Å². The van der Waals surface area contributed by atoms with Crippen molar-refractivity contribution in [1.82, 2.24) is 4.90 Å². The van der Waals surface area contributed by atoms with Gasteiger partial charge in [-0.15, -0.1) is 0 Å². The van der Waals surface area contributed by atoms with Gasteiger partial charge in [0, 0.05) is 13.0 Å². The molecule has 0 bridgehead atoms. The number of carbonyl (C=O) groups is 2. The number of anilines is 1. The van der Waals surface area contributed by atoms with Crippen LogP contribution in [-0.4, -0.2) is 45.8 Å². The topological polar surface area (TPSA) is 89.9 Å². The number of aliphatic hydroxyl groups excluding tert-OH is 1. The number of amides is 2. The maximum atomic E-state index is 12.1. The summed E-state index contributed by atoms with van der Waals surface area (Å²) in [6.45, 7) is -0.0129. The third-order valence-corrected chi connectivity index (χ3v) is 4.42. The molecule has 0 aliphatic carbocycles. The summed E-state index contributed by atoms with van der Waals surface area (Å²) in [5.74, 6) is -1.14. The van der Waals surface area contributed by atoms with Crippen molar-refractivity contribution in [1.29, 1.82) is 0 Å². The summed E-state index contributed by atoms with van der Waals surface area (Å²) in [5.41, 5.74) is 0.438. The Kier molecular flexibility index (Phi) is 4.52. The quantitative estimate of drug-likeness (QED) is 0.751. The lowest BCUT2D eigenvalue weighted by Crippen LogP contribution is -2.43. The molecular formula is C12H12BrClN2O4. The van der Waals surface area contributed by atoms with E-state index in [9.17, 15) is 14.7 Å². The van der Waals surface area contributed by atoms with Crippen molar-refractivity contribution in [3.05, 3.63) is 27.7 Å². The SMILES string of the molecule is O=C(O)[C@@H]1C[C@@H](O)CN1C(=O)Nc1cccc(Cl)c1Br. The highest BCUT2D eigenvalue weighted by Gasteiger charge is 2.39. The van der Waals surface area contributed by atoms with Gasteiger partial charge in [-0.3, -0.25) is 0 Å². The van der Waals surface area contributed by atoms with Crippen molar-refractivity contribution >= 4 is 45.2 Å². The van der Waals surface area contributed by atoms with Crippen LogP contribution >= 0.6 is 27.5 Å². The van der Waals surface area contributed by atoms with E-state index in [0.717, 1.165) is 4.90 Å². The number of rotatable bonds is 2. The van der Waals surface area contributed by atoms with Crippen LogP contribution in [0, 0.1) is 0 Å². The van der Waals surface area contributed by atoms with E-state index in [2.05, 4.69) is 21.2 Å². The number of hydrogen-bond acceptors (Lipinski definition) is 3. The Bertz CT molecular complexity index is 554. The van der Waals surface area contributed by atoms with Crippen molar-refractivity contribution in [2.45, 2.75) is 18.6 Å². The summed E-state index contributed by atoms with van der Waals surface area (Å²) < 4.78 is 0.515. The van der Waals surface area contributed by atoms with Crippen molar-refractivity contribution < 1.29 is 19.8 Å². The first-order valence-corrected chi connectivity index (χ1v) is 6.99. The largest absolute Gasteiger partial charge is 0.480 e. The number of nitrogens with one attached hydrogen (secondary N) is 1. The van der Waals surface area contributed by atoms with Gasteiger partial charge in [-0.1, -0.05) is 17.7 Å². The maximum absolute atomic E-state index is 12.1. The van der Waals surface area contributed by atoms with Gasteiger partial charge >= 0.3 is 12.0 Å². The number of aliphatic hydroxyl groups is 1. The third kappa shape index (κ3) is 3.05. The van der Waals surface area contributed by atoms with Crippen LogP contribution in [0.5, 0.6) is 0 Å². The second-order valence-corrected chi connectivity index (χ2v) is 5.63. The molecule has 2 atom stereocenters. The zero-order valence-corrected chi connectivity index (χ0v) is 12.6. The van der Waals surface area contributed by atoms with Crippen molar-refractivity contribution in [3.63, 3.8) is 0 Å². The lowest BCUT2D eigenvalue weighted by molar-refractivity contribution is -0.141. The van der Waals surface area contributed by atoms with E-state index in [4.69, 9.17) is 16.7 Å². The maximum Gasteiger partial charge on any atom is 0.326 e. The molecule has 1 aromatic rings. The summed E-state index contributed by atoms with van der Waals surface area (Å²) in [5, 5.41) is 21.6. The lowest BCUT2D eigenvalue weighted by atomic mass is 10.2. The Morgan fingerprint density at radius 2 is 2.15 bits per heavy atom. The Morgan fingerprint density at radius 3 is 2.80 bits per heavy atom. The molecule has 20 heavy (non-hydrogen) atoms. The molecule has 1 aliphatic rings. The van der Waals surface area contributed by atoms with Gasteiger partial charge in [0.05, 0.1) is 21.3 Å². The first-order chi connectivity index (χ1) is 9.40. The van der Waals surface area contributed by atoms with Crippen LogP contribution < -0.4 is 5.32 Å². The highest BCUT2D eigenvalue weighted by atomic mass is 79.9. The molecule has 0 saturated carbocycles. The molecule has 1 aromatic carbocycles. The summed E-state index contributed by atoms with van der Waals surface area (Å²) in [4.78, 5) is 24.3. The lowest BCUT2D eigenvalue weighted by Gasteiger charge is -2.22. The second-order valence-electron chi connectivity index (χ2n) is 4.43. The molecule has 1 aliphatic heterocycles. The van der Waals surface area contributed by atoms with Gasteiger partial charge in [0.1, 0.15) is 6.04 Å².